The van der Waals surface area contributed by atoms with Gasteiger partial charge in [-0.15, -0.1) is 0 Å². The van der Waals surface area contributed by atoms with E-state index in [1.54, 1.807) is 0 Å². The molecule has 16 heavy (non-hydrogen) atoms. The molecule has 0 spiro atoms. The Labute approximate surface area is 98.1 Å². The maximum Gasteiger partial charge on any atom is 0.120 e. The zero-order valence-electron chi connectivity index (χ0n) is 10.5. The van der Waals surface area contributed by atoms with Crippen molar-refractivity contribution in [3.63, 3.8) is 0 Å². The Morgan fingerprint density at radius 1 is 1.44 bits per heavy atom. The summed E-state index contributed by atoms with van der Waals surface area (Å²) in [6.07, 6.45) is 4.46. The van der Waals surface area contributed by atoms with Crippen LogP contribution in [0.5, 0.6) is 0 Å². The average Bonchev–Trinajstić information content (AvgIpc) is 2.65. The first kappa shape index (κ1) is 12.8. The van der Waals surface area contributed by atoms with Gasteiger partial charge in [0.2, 0.25) is 0 Å². The predicted octanol–water partition coefficient (Wildman–Crippen LogP) is 2.42. The van der Waals surface area contributed by atoms with Crippen LogP contribution in [0.3, 0.4) is 0 Å². The molecule has 0 atom stereocenters. The Morgan fingerprint density at radius 3 is 2.62 bits per heavy atom. The zero-order valence-corrected chi connectivity index (χ0v) is 10.5. The fourth-order valence-electron chi connectivity index (χ4n) is 1.84. The van der Waals surface area contributed by atoms with Gasteiger partial charge >= 0.3 is 0 Å². The highest BCUT2D eigenvalue weighted by Gasteiger charge is 2.04. The summed E-state index contributed by atoms with van der Waals surface area (Å²) in [6, 6.07) is 4.12. The molecule has 0 aliphatic carbocycles. The lowest BCUT2D eigenvalue weighted by atomic mass is 10.0. The van der Waals surface area contributed by atoms with Crippen LogP contribution in [0.4, 0.5) is 0 Å². The predicted molar refractivity (Wildman–Crippen MR) is 65.9 cm³/mol. The van der Waals surface area contributed by atoms with Crippen molar-refractivity contribution in [2.75, 3.05) is 6.54 Å². The first-order valence-corrected chi connectivity index (χ1v) is 5.97. The van der Waals surface area contributed by atoms with Crippen LogP contribution in [0.2, 0.25) is 0 Å². The highest BCUT2D eigenvalue weighted by molar-refractivity contribution is 5.28. The second-order valence-electron chi connectivity index (χ2n) is 4.27. The van der Waals surface area contributed by atoms with Crippen molar-refractivity contribution < 1.29 is 0 Å². The normalized spacial score (nSPS) is 10.7. The lowest BCUT2D eigenvalue weighted by Gasteiger charge is -2.12. The van der Waals surface area contributed by atoms with E-state index in [0.717, 1.165) is 24.7 Å². The molecule has 0 aromatic carbocycles. The zero-order chi connectivity index (χ0) is 12.0. The van der Waals surface area contributed by atoms with Crippen molar-refractivity contribution in [1.82, 2.24) is 9.88 Å². The van der Waals surface area contributed by atoms with Crippen molar-refractivity contribution in [2.24, 2.45) is 13.0 Å². The second kappa shape index (κ2) is 6.34. The van der Waals surface area contributed by atoms with E-state index in [1.807, 2.05) is 23.9 Å². The summed E-state index contributed by atoms with van der Waals surface area (Å²) in [6.45, 7) is 6.37. The molecule has 0 radical (unpaired) electrons. The lowest BCUT2D eigenvalue weighted by Crippen LogP contribution is -2.21. The number of nitrogens with zero attached hydrogens (tertiary/aromatic N) is 2. The lowest BCUT2D eigenvalue weighted by molar-refractivity contribution is 0.449. The standard InChI is InChI=1S/C13H21N3/c1-4-11(5-2)8-15-9-12-6-13(7-14)16(3)10-12/h6,10-11,15H,4-5,8-9H2,1-3H3. The summed E-state index contributed by atoms with van der Waals surface area (Å²) >= 11 is 0. The minimum atomic E-state index is 0.722. The highest BCUT2D eigenvalue weighted by Crippen LogP contribution is 2.08. The fraction of sp³-hybridized carbons (Fsp3) is 0.615. The molecular formula is C13H21N3. The Bertz CT molecular complexity index is 356. The molecule has 0 bridgehead atoms. The number of aryl methyl sites for hydroxylation is 1. The largest absolute Gasteiger partial charge is 0.342 e. The molecule has 1 heterocycles. The Hall–Kier alpha value is -1.27. The van der Waals surface area contributed by atoms with E-state index in [-0.39, 0.29) is 0 Å². The van der Waals surface area contributed by atoms with Gasteiger partial charge in [-0.2, -0.15) is 5.26 Å². The van der Waals surface area contributed by atoms with Gasteiger partial charge in [-0.3, -0.25) is 0 Å². The third-order valence-corrected chi connectivity index (χ3v) is 3.09. The maximum atomic E-state index is 8.83. The summed E-state index contributed by atoms with van der Waals surface area (Å²) in [7, 11) is 1.91. The Kier molecular flexibility index (Phi) is 5.07. The highest BCUT2D eigenvalue weighted by atomic mass is 14.9. The quantitative estimate of drug-likeness (QED) is 0.798. The van der Waals surface area contributed by atoms with E-state index in [1.165, 1.54) is 18.4 Å². The second-order valence-corrected chi connectivity index (χ2v) is 4.27. The van der Waals surface area contributed by atoms with Crippen molar-refractivity contribution in [3.05, 3.63) is 23.5 Å². The van der Waals surface area contributed by atoms with Crippen LogP contribution in [-0.4, -0.2) is 11.1 Å². The number of nitriles is 1. The summed E-state index contributed by atoms with van der Waals surface area (Å²) < 4.78 is 1.87. The summed E-state index contributed by atoms with van der Waals surface area (Å²) in [5.74, 6) is 0.763. The molecule has 1 rings (SSSR count). The molecule has 1 aromatic rings. The molecule has 0 aliphatic rings. The van der Waals surface area contributed by atoms with Gasteiger partial charge in [0.15, 0.2) is 0 Å². The SMILES string of the molecule is CCC(CC)CNCc1cc(C#N)n(C)c1. The molecule has 3 nitrogen and oxygen atoms in total. The maximum absolute atomic E-state index is 8.83. The topological polar surface area (TPSA) is 40.8 Å². The van der Waals surface area contributed by atoms with Gasteiger partial charge in [-0.05, 0) is 24.1 Å². The van der Waals surface area contributed by atoms with Crippen LogP contribution in [0.15, 0.2) is 12.3 Å². The molecule has 1 N–H and O–H groups in total. The van der Waals surface area contributed by atoms with Gasteiger partial charge in [0, 0.05) is 19.8 Å². The molecule has 0 saturated carbocycles. The summed E-state index contributed by atoms with van der Waals surface area (Å²) in [5, 5.41) is 12.3. The number of nitrogens with one attached hydrogen (secondary N) is 1. The van der Waals surface area contributed by atoms with E-state index in [4.69, 9.17) is 5.26 Å². The molecule has 1 aromatic heterocycles. The number of hydrogen-bond acceptors (Lipinski definition) is 2. The van der Waals surface area contributed by atoms with Gasteiger partial charge < -0.3 is 9.88 Å². The monoisotopic (exact) mass is 219 g/mol. The first-order valence-electron chi connectivity index (χ1n) is 5.97. The van der Waals surface area contributed by atoms with Crippen molar-refractivity contribution in [2.45, 2.75) is 33.2 Å². The minimum absolute atomic E-state index is 0.722. The molecule has 0 saturated heterocycles. The molecule has 0 fully saturated rings. The molecular weight excluding hydrogens is 198 g/mol. The molecule has 3 heteroatoms. The third-order valence-electron chi connectivity index (χ3n) is 3.09. The number of aromatic nitrogens is 1. The Morgan fingerprint density at radius 2 is 2.12 bits per heavy atom. The van der Waals surface area contributed by atoms with E-state index >= 15 is 0 Å². The van der Waals surface area contributed by atoms with Gasteiger partial charge in [-0.25, -0.2) is 0 Å². The van der Waals surface area contributed by atoms with E-state index in [9.17, 15) is 0 Å². The molecule has 0 amide bonds. The fourth-order valence-corrected chi connectivity index (χ4v) is 1.84. The van der Waals surface area contributed by atoms with Gasteiger partial charge in [0.05, 0.1) is 0 Å². The van der Waals surface area contributed by atoms with Crippen LogP contribution < -0.4 is 5.32 Å². The summed E-state index contributed by atoms with van der Waals surface area (Å²) in [4.78, 5) is 0. The number of rotatable bonds is 6. The molecule has 0 aliphatic heterocycles. The van der Waals surface area contributed by atoms with Crippen LogP contribution in [0.25, 0.3) is 0 Å². The van der Waals surface area contributed by atoms with Gasteiger partial charge in [0.25, 0.3) is 0 Å². The van der Waals surface area contributed by atoms with Crippen LogP contribution in [0.1, 0.15) is 37.9 Å². The minimum Gasteiger partial charge on any atom is -0.342 e. The third kappa shape index (κ3) is 3.39. The van der Waals surface area contributed by atoms with Crippen LogP contribution >= 0.6 is 0 Å². The smallest absolute Gasteiger partial charge is 0.120 e. The molecule has 0 unspecified atom stereocenters. The van der Waals surface area contributed by atoms with Gasteiger partial charge in [0.1, 0.15) is 11.8 Å². The van der Waals surface area contributed by atoms with Crippen LogP contribution in [0, 0.1) is 17.2 Å². The van der Waals surface area contributed by atoms with Gasteiger partial charge in [-0.1, -0.05) is 26.7 Å². The van der Waals surface area contributed by atoms with E-state index < -0.39 is 0 Å². The summed E-state index contributed by atoms with van der Waals surface area (Å²) in [5.41, 5.74) is 1.91. The van der Waals surface area contributed by atoms with E-state index in [0.29, 0.717) is 0 Å². The number of hydrogen-bond donors (Lipinski definition) is 1. The van der Waals surface area contributed by atoms with Crippen molar-refractivity contribution in [1.29, 1.82) is 5.26 Å². The van der Waals surface area contributed by atoms with Crippen LogP contribution in [-0.2, 0) is 13.6 Å². The van der Waals surface area contributed by atoms with E-state index in [2.05, 4.69) is 25.2 Å². The average molecular weight is 219 g/mol. The first-order chi connectivity index (χ1) is 7.71. The molecule has 88 valence electrons. The van der Waals surface area contributed by atoms with Crippen molar-refractivity contribution >= 4 is 0 Å². The Balaban J connectivity index is 2.40. The van der Waals surface area contributed by atoms with Crippen molar-refractivity contribution in [3.8, 4) is 6.07 Å².